The number of nitrogen functional groups attached to an aromatic ring is 1. The van der Waals surface area contributed by atoms with Gasteiger partial charge in [-0.3, -0.25) is 0 Å². The van der Waals surface area contributed by atoms with Gasteiger partial charge in [-0.1, -0.05) is 12.1 Å². The molecule has 2 N–H and O–H groups in total. The predicted molar refractivity (Wildman–Crippen MR) is 57.2 cm³/mol. The van der Waals surface area contributed by atoms with E-state index in [-0.39, 0.29) is 5.75 Å². The number of allylic oxidation sites excluding steroid dienone is 1. The summed E-state index contributed by atoms with van der Waals surface area (Å²) in [4.78, 5) is 0. The number of benzene rings is 1. The zero-order valence-electron chi connectivity index (χ0n) is 7.60. The Morgan fingerprint density at radius 2 is 1.79 bits per heavy atom. The van der Waals surface area contributed by atoms with Crippen molar-refractivity contribution < 1.29 is 8.42 Å². The fraction of sp³-hybridized carbons (Fsp3) is 0.200. The van der Waals surface area contributed by atoms with E-state index in [9.17, 15) is 8.42 Å². The lowest BCUT2D eigenvalue weighted by Gasteiger charge is -2.00. The van der Waals surface area contributed by atoms with Gasteiger partial charge in [-0.05, 0) is 29.7 Å². The minimum absolute atomic E-state index is 0.229. The van der Waals surface area contributed by atoms with Crippen LogP contribution in [0.1, 0.15) is 12.0 Å². The van der Waals surface area contributed by atoms with Gasteiger partial charge in [0.05, 0.1) is 5.75 Å². The quantitative estimate of drug-likeness (QED) is 0.712. The molecule has 0 spiro atoms. The Balaban J connectivity index is 2.38. The van der Waals surface area contributed by atoms with Gasteiger partial charge in [-0.25, -0.2) is 8.42 Å². The molecule has 2 rings (SSSR count). The van der Waals surface area contributed by atoms with Crippen LogP contribution in [0.2, 0.25) is 0 Å². The highest BCUT2D eigenvalue weighted by Crippen LogP contribution is 2.26. The average molecular weight is 209 g/mol. The summed E-state index contributed by atoms with van der Waals surface area (Å²) in [5.41, 5.74) is 8.06. The van der Waals surface area contributed by atoms with Crippen molar-refractivity contribution in [2.75, 3.05) is 11.5 Å². The second kappa shape index (κ2) is 3.13. The Bertz CT molecular complexity index is 471. The van der Waals surface area contributed by atoms with Crippen molar-refractivity contribution >= 4 is 21.1 Å². The molecule has 3 nitrogen and oxygen atoms in total. The second-order valence-corrected chi connectivity index (χ2v) is 5.35. The predicted octanol–water partition coefficient (Wildman–Crippen LogP) is 1.43. The van der Waals surface area contributed by atoms with Crippen molar-refractivity contribution in [3.8, 4) is 0 Å². The molecule has 0 amide bonds. The van der Waals surface area contributed by atoms with Gasteiger partial charge in [0, 0.05) is 11.1 Å². The summed E-state index contributed by atoms with van der Waals surface area (Å²) in [6, 6.07) is 7.26. The third-order valence-corrected chi connectivity index (χ3v) is 3.68. The van der Waals surface area contributed by atoms with Crippen molar-refractivity contribution in [3.05, 3.63) is 35.2 Å². The van der Waals surface area contributed by atoms with Crippen molar-refractivity contribution in [2.45, 2.75) is 6.42 Å². The number of sulfone groups is 1. The highest BCUT2D eigenvalue weighted by Gasteiger charge is 2.18. The lowest BCUT2D eigenvalue weighted by Crippen LogP contribution is -1.92. The summed E-state index contributed by atoms with van der Waals surface area (Å²) >= 11 is 0. The molecule has 1 heterocycles. The molecule has 0 bridgehead atoms. The van der Waals surface area contributed by atoms with Crippen LogP contribution < -0.4 is 5.73 Å². The van der Waals surface area contributed by atoms with E-state index in [1.54, 1.807) is 12.1 Å². The molecule has 0 saturated carbocycles. The first-order valence-electron chi connectivity index (χ1n) is 4.36. The van der Waals surface area contributed by atoms with Crippen LogP contribution in [-0.2, 0) is 9.84 Å². The Kier molecular flexibility index (Phi) is 2.07. The number of nitrogens with two attached hydrogens (primary N) is 1. The van der Waals surface area contributed by atoms with E-state index in [4.69, 9.17) is 5.73 Å². The lowest BCUT2D eigenvalue weighted by atomic mass is 10.1. The van der Waals surface area contributed by atoms with E-state index in [0.29, 0.717) is 12.1 Å². The molecule has 0 saturated heterocycles. The number of hydrogen-bond acceptors (Lipinski definition) is 3. The molecule has 1 aromatic rings. The highest BCUT2D eigenvalue weighted by molar-refractivity contribution is 7.94. The molecular weight excluding hydrogens is 198 g/mol. The minimum Gasteiger partial charge on any atom is -0.399 e. The zero-order chi connectivity index (χ0) is 10.2. The molecule has 0 unspecified atom stereocenters. The third kappa shape index (κ3) is 1.80. The van der Waals surface area contributed by atoms with Crippen molar-refractivity contribution in [3.63, 3.8) is 0 Å². The largest absolute Gasteiger partial charge is 0.399 e. The van der Waals surface area contributed by atoms with Crippen molar-refractivity contribution in [1.82, 2.24) is 0 Å². The van der Waals surface area contributed by atoms with Gasteiger partial charge < -0.3 is 5.73 Å². The maximum Gasteiger partial charge on any atom is 0.172 e. The number of anilines is 1. The molecule has 0 atom stereocenters. The van der Waals surface area contributed by atoms with Crippen LogP contribution in [0.15, 0.2) is 29.7 Å². The topological polar surface area (TPSA) is 60.2 Å². The van der Waals surface area contributed by atoms with Crippen LogP contribution in [-0.4, -0.2) is 14.2 Å². The first kappa shape index (κ1) is 9.27. The zero-order valence-corrected chi connectivity index (χ0v) is 8.42. The van der Waals surface area contributed by atoms with Gasteiger partial charge in [0.15, 0.2) is 9.84 Å². The van der Waals surface area contributed by atoms with Gasteiger partial charge in [0.1, 0.15) is 0 Å². The maximum atomic E-state index is 11.2. The second-order valence-electron chi connectivity index (χ2n) is 3.38. The summed E-state index contributed by atoms with van der Waals surface area (Å²) < 4.78 is 22.4. The molecular formula is C10H11NO2S. The van der Waals surface area contributed by atoms with E-state index >= 15 is 0 Å². The summed E-state index contributed by atoms with van der Waals surface area (Å²) in [7, 11) is -2.95. The molecule has 14 heavy (non-hydrogen) atoms. The van der Waals surface area contributed by atoms with Gasteiger partial charge >= 0.3 is 0 Å². The molecule has 0 fully saturated rings. The first-order chi connectivity index (χ1) is 6.57. The van der Waals surface area contributed by atoms with Crippen LogP contribution in [0.25, 0.3) is 5.57 Å². The van der Waals surface area contributed by atoms with Crippen molar-refractivity contribution in [2.24, 2.45) is 0 Å². The SMILES string of the molecule is Nc1ccc(C2=CS(=O)(=O)CC2)cc1. The standard InChI is InChI=1S/C10H11NO2S/c11-10-3-1-8(2-4-10)9-5-6-14(12,13)7-9/h1-4,7H,5-6,11H2. The smallest absolute Gasteiger partial charge is 0.172 e. The average Bonchev–Trinajstić information content (AvgIpc) is 2.47. The van der Waals surface area contributed by atoms with Crippen LogP contribution in [0.3, 0.4) is 0 Å². The number of hydrogen-bond donors (Lipinski definition) is 1. The maximum absolute atomic E-state index is 11.2. The van der Waals surface area contributed by atoms with Gasteiger partial charge in [0.25, 0.3) is 0 Å². The molecule has 1 aliphatic heterocycles. The minimum atomic E-state index is -2.95. The first-order valence-corrected chi connectivity index (χ1v) is 6.08. The van der Waals surface area contributed by atoms with Crippen LogP contribution in [0, 0.1) is 0 Å². The molecule has 74 valence electrons. The highest BCUT2D eigenvalue weighted by atomic mass is 32.2. The molecule has 0 aromatic heterocycles. The summed E-state index contributed by atoms with van der Waals surface area (Å²) in [5, 5.41) is 1.36. The molecule has 4 heteroatoms. The van der Waals surface area contributed by atoms with Crippen LogP contribution in [0.4, 0.5) is 5.69 Å². The molecule has 1 aliphatic rings. The normalized spacial score (nSPS) is 19.3. The van der Waals surface area contributed by atoms with E-state index in [1.165, 1.54) is 5.41 Å². The van der Waals surface area contributed by atoms with Crippen LogP contribution in [0.5, 0.6) is 0 Å². The van der Waals surface area contributed by atoms with Gasteiger partial charge in [-0.2, -0.15) is 0 Å². The van der Waals surface area contributed by atoms with E-state index in [0.717, 1.165) is 11.1 Å². The third-order valence-electron chi connectivity index (χ3n) is 2.26. The fourth-order valence-corrected chi connectivity index (χ4v) is 2.81. The van der Waals surface area contributed by atoms with E-state index in [1.807, 2.05) is 12.1 Å². The van der Waals surface area contributed by atoms with Crippen LogP contribution >= 0.6 is 0 Å². The monoisotopic (exact) mass is 209 g/mol. The fourth-order valence-electron chi connectivity index (χ4n) is 1.50. The summed E-state index contributed by atoms with van der Waals surface area (Å²) in [6.45, 7) is 0. The van der Waals surface area contributed by atoms with E-state index in [2.05, 4.69) is 0 Å². The Hall–Kier alpha value is -1.29. The lowest BCUT2D eigenvalue weighted by molar-refractivity contribution is 0.606. The molecule has 0 aliphatic carbocycles. The van der Waals surface area contributed by atoms with Gasteiger partial charge in [-0.15, -0.1) is 0 Å². The summed E-state index contributed by atoms with van der Waals surface area (Å²) in [6.07, 6.45) is 0.603. The van der Waals surface area contributed by atoms with Crippen molar-refractivity contribution in [1.29, 1.82) is 0 Å². The number of rotatable bonds is 1. The Labute approximate surface area is 83.2 Å². The molecule has 0 radical (unpaired) electrons. The Morgan fingerprint density at radius 3 is 2.29 bits per heavy atom. The molecule has 1 aromatic carbocycles. The summed E-state index contributed by atoms with van der Waals surface area (Å²) in [5.74, 6) is 0.229. The van der Waals surface area contributed by atoms with Gasteiger partial charge in [0.2, 0.25) is 0 Å². The Morgan fingerprint density at radius 1 is 1.14 bits per heavy atom. The van der Waals surface area contributed by atoms with E-state index < -0.39 is 9.84 Å².